The number of hydrogen-bond acceptors (Lipinski definition) is 4. The van der Waals surface area contributed by atoms with Gasteiger partial charge in [0.05, 0.1) is 0 Å². The second-order valence-electron chi connectivity index (χ2n) is 0.485. The van der Waals surface area contributed by atoms with Gasteiger partial charge in [0.25, 0.3) is 0 Å². The van der Waals surface area contributed by atoms with Gasteiger partial charge in [-0.25, -0.2) is 0 Å². The van der Waals surface area contributed by atoms with Crippen molar-refractivity contribution in [2.24, 2.45) is 0 Å². The summed E-state index contributed by atoms with van der Waals surface area (Å²) in [6.45, 7) is 0. The summed E-state index contributed by atoms with van der Waals surface area (Å²) in [4.78, 5) is 9.33. The van der Waals surface area contributed by atoms with Gasteiger partial charge in [-0.05, 0) is 0 Å². The van der Waals surface area contributed by atoms with Gasteiger partial charge < -0.3 is 0 Å². The third-order valence-electron chi connectivity index (χ3n) is 0.204. The van der Waals surface area contributed by atoms with Crippen LogP contribution in [-0.2, 0) is 0 Å². The SMILES string of the molecule is O=c1ooo1.[U]. The van der Waals surface area contributed by atoms with E-state index >= 15 is 0 Å². The molecule has 0 radical (unpaired) electrons. The Morgan fingerprint density at radius 2 is 1.67 bits per heavy atom. The summed E-state index contributed by atoms with van der Waals surface area (Å²) >= 11 is 0. The molecule has 0 saturated heterocycles. The fourth-order valence-corrected chi connectivity index (χ4v) is 0.0618. The number of rotatable bonds is 0. The molecule has 0 amide bonds. The summed E-state index contributed by atoms with van der Waals surface area (Å²) in [5.41, 5.74) is 0. The predicted molar refractivity (Wildman–Crippen MR) is 9.51 cm³/mol. The van der Waals surface area contributed by atoms with Gasteiger partial charge in [0.1, 0.15) is 0 Å². The van der Waals surface area contributed by atoms with Crippen LogP contribution in [0.3, 0.4) is 0 Å². The second kappa shape index (κ2) is 2.32. The molecule has 0 aliphatic rings. The Morgan fingerprint density at radius 1 is 1.33 bits per heavy atom. The molecule has 0 N–H and O–H groups in total. The minimum Gasteiger partial charge on any atom is -0.197 e. The third-order valence-corrected chi connectivity index (χ3v) is 0.204. The summed E-state index contributed by atoms with van der Waals surface area (Å²) in [5.74, 6) is -0.787. The molecule has 0 saturated carbocycles. The van der Waals surface area contributed by atoms with Gasteiger partial charge in [0, 0.05) is 31.1 Å². The average molecular weight is 314 g/mol. The van der Waals surface area contributed by atoms with Crippen molar-refractivity contribution >= 4 is 0 Å². The largest absolute Gasteiger partial charge is 0.597 e. The fraction of sp³-hybridized carbons (Fsp3) is 0. The molecule has 0 bridgehead atoms. The first-order valence-electron chi connectivity index (χ1n) is 0.946. The molecule has 1 aromatic heterocycles. The van der Waals surface area contributed by atoms with E-state index in [-0.39, 0.29) is 31.1 Å². The van der Waals surface area contributed by atoms with Gasteiger partial charge >= 0.3 is 5.82 Å². The first kappa shape index (κ1) is 6.12. The molecular weight excluding hydrogens is 314 g/mol. The predicted octanol–water partition coefficient (Wildman–Crippen LogP) is -0.174. The quantitative estimate of drug-likeness (QED) is 0.624. The molecule has 5 heteroatoms. The van der Waals surface area contributed by atoms with Crippen LogP contribution in [0, 0.1) is 31.1 Å². The molecule has 0 aliphatic carbocycles. The van der Waals surface area contributed by atoms with E-state index < -0.39 is 5.82 Å². The molecule has 0 fully saturated rings. The van der Waals surface area contributed by atoms with E-state index in [9.17, 15) is 4.79 Å². The van der Waals surface area contributed by atoms with Crippen LogP contribution in [0.1, 0.15) is 0 Å². The van der Waals surface area contributed by atoms with E-state index in [1.807, 2.05) is 0 Å². The van der Waals surface area contributed by atoms with E-state index in [0.717, 1.165) is 0 Å². The van der Waals surface area contributed by atoms with Crippen LogP contribution in [0.25, 0.3) is 0 Å². The summed E-state index contributed by atoms with van der Waals surface area (Å²) in [6, 6.07) is 0. The van der Waals surface area contributed by atoms with Gasteiger partial charge in [0.15, 0.2) is 0 Å². The van der Waals surface area contributed by atoms with Gasteiger partial charge in [-0.2, -0.15) is 13.9 Å². The first-order valence-corrected chi connectivity index (χ1v) is 0.946. The van der Waals surface area contributed by atoms with Crippen LogP contribution in [0.2, 0.25) is 0 Å². The molecule has 32 valence electrons. The van der Waals surface area contributed by atoms with Gasteiger partial charge in [-0.1, -0.05) is 4.74 Å². The van der Waals surface area contributed by atoms with Crippen LogP contribution in [0.5, 0.6) is 0 Å². The Morgan fingerprint density at radius 3 is 1.67 bits per heavy atom. The molecule has 0 unspecified atom stereocenters. The third kappa shape index (κ3) is 1.07. The first-order chi connectivity index (χ1) is 2.39. The molecule has 0 spiro atoms. The van der Waals surface area contributed by atoms with E-state index in [2.05, 4.69) is 13.9 Å². The molecule has 6 heavy (non-hydrogen) atoms. The molecular formula is CO4U. The van der Waals surface area contributed by atoms with Gasteiger partial charge in [0.2, 0.25) is 0 Å². The average Bonchev–Trinajstić information content (AvgIpc) is 1.30. The van der Waals surface area contributed by atoms with Crippen molar-refractivity contribution in [1.82, 2.24) is 0 Å². The van der Waals surface area contributed by atoms with Crippen LogP contribution in [0.4, 0.5) is 0 Å². The minimum absolute atomic E-state index is 0. The Hall–Kier alpha value is 0.122. The van der Waals surface area contributed by atoms with Crippen molar-refractivity contribution < 1.29 is 45.0 Å². The van der Waals surface area contributed by atoms with Crippen LogP contribution >= 0.6 is 0 Å². The van der Waals surface area contributed by atoms with Crippen LogP contribution in [-0.4, -0.2) is 0 Å². The van der Waals surface area contributed by atoms with Crippen LogP contribution < -0.4 is 5.82 Å². The molecule has 0 atom stereocenters. The second-order valence-corrected chi connectivity index (χ2v) is 0.485. The Bertz CT molecular complexity index is 122. The van der Waals surface area contributed by atoms with Crippen molar-refractivity contribution in [1.29, 1.82) is 0 Å². The molecule has 1 rings (SSSR count). The van der Waals surface area contributed by atoms with Crippen molar-refractivity contribution in [2.75, 3.05) is 0 Å². The molecule has 1 heterocycles. The fourth-order valence-electron chi connectivity index (χ4n) is 0.0618. The molecule has 1 aromatic rings. The minimum atomic E-state index is -0.787. The van der Waals surface area contributed by atoms with Crippen molar-refractivity contribution in [3.63, 3.8) is 0 Å². The normalized spacial score (nSPS) is 7.33. The summed E-state index contributed by atoms with van der Waals surface area (Å²) in [7, 11) is 0. The monoisotopic (exact) mass is 314 g/mol. The Balaban J connectivity index is 0.000000250. The molecule has 4 nitrogen and oxygen atoms in total. The number of hydrogen-bond donors (Lipinski definition) is 0. The zero-order valence-electron chi connectivity index (χ0n) is 2.63. The maximum atomic E-state index is 9.33. The Kier molecular flexibility index (Phi) is 2.37. The molecule has 0 aromatic carbocycles. The van der Waals surface area contributed by atoms with E-state index in [0.29, 0.717) is 0 Å². The van der Waals surface area contributed by atoms with Gasteiger partial charge in [-0.15, -0.1) is 0 Å². The topological polar surface area (TPSA) is 56.5 Å². The maximum absolute atomic E-state index is 9.33. The van der Waals surface area contributed by atoms with E-state index in [1.54, 1.807) is 0 Å². The summed E-state index contributed by atoms with van der Waals surface area (Å²) < 4.78 is 10.6. The molecule has 0 aliphatic heterocycles. The van der Waals surface area contributed by atoms with Crippen molar-refractivity contribution in [3.05, 3.63) is 10.6 Å². The maximum Gasteiger partial charge on any atom is 0.597 e. The van der Waals surface area contributed by atoms with E-state index in [4.69, 9.17) is 0 Å². The summed E-state index contributed by atoms with van der Waals surface area (Å²) in [5, 5.41) is 0. The summed E-state index contributed by atoms with van der Waals surface area (Å²) in [6.07, 6.45) is 0. The van der Waals surface area contributed by atoms with Crippen molar-refractivity contribution in [2.45, 2.75) is 0 Å². The smallest absolute Gasteiger partial charge is 0.197 e. The Labute approximate surface area is 55.7 Å². The van der Waals surface area contributed by atoms with Crippen molar-refractivity contribution in [3.8, 4) is 0 Å². The zero-order valence-corrected chi connectivity index (χ0v) is 6.80. The van der Waals surface area contributed by atoms with Crippen LogP contribution in [0.15, 0.2) is 18.7 Å². The van der Waals surface area contributed by atoms with Gasteiger partial charge in [-0.3, -0.25) is 0 Å². The van der Waals surface area contributed by atoms with E-state index in [1.165, 1.54) is 0 Å². The standard InChI is InChI=1S/CO4.U/c2-1-3-5-4-1;. The zero-order chi connectivity index (χ0) is 3.70.